The molecule has 21 heavy (non-hydrogen) atoms. The molecule has 1 aliphatic heterocycles. The molecule has 1 aliphatic rings. The van der Waals surface area contributed by atoms with Gasteiger partial charge in [-0.15, -0.1) is 0 Å². The van der Waals surface area contributed by atoms with Gasteiger partial charge >= 0.3 is 0 Å². The summed E-state index contributed by atoms with van der Waals surface area (Å²) in [6, 6.07) is 7.83. The molecular weight excluding hydrogens is 268 g/mol. The standard InChI is InChI=1S/C17H20O4/c1-10-15-12(9-13(21-10)6-7-18)8-11-4-3-5-14(20-2)16(11)17(15)19/h3-5,8,10,13,18-19H,6-7,9H2,1-2H3/t10-,13+/m0/s1. The van der Waals surface area contributed by atoms with Gasteiger partial charge < -0.3 is 19.7 Å². The van der Waals surface area contributed by atoms with Gasteiger partial charge in [0.1, 0.15) is 11.5 Å². The van der Waals surface area contributed by atoms with E-state index >= 15 is 0 Å². The highest BCUT2D eigenvalue weighted by molar-refractivity contribution is 5.95. The molecule has 0 saturated carbocycles. The second kappa shape index (κ2) is 5.54. The summed E-state index contributed by atoms with van der Waals surface area (Å²) < 4.78 is 11.3. The van der Waals surface area contributed by atoms with Crippen LogP contribution in [0.25, 0.3) is 10.8 Å². The number of phenolic OH excluding ortho intramolecular Hbond substituents is 1. The Hall–Kier alpha value is -1.78. The molecular formula is C17H20O4. The molecule has 0 bridgehead atoms. The lowest BCUT2D eigenvalue weighted by Gasteiger charge is -2.31. The van der Waals surface area contributed by atoms with Crippen molar-refractivity contribution in [3.05, 3.63) is 35.4 Å². The normalized spacial score (nSPS) is 21.3. The van der Waals surface area contributed by atoms with Crippen LogP contribution in [0.15, 0.2) is 24.3 Å². The summed E-state index contributed by atoms with van der Waals surface area (Å²) in [5.74, 6) is 0.910. The third-order valence-corrected chi connectivity index (χ3v) is 4.15. The van der Waals surface area contributed by atoms with Gasteiger partial charge in [-0.2, -0.15) is 0 Å². The zero-order chi connectivity index (χ0) is 15.0. The number of hydrogen-bond donors (Lipinski definition) is 2. The molecule has 0 aromatic heterocycles. The maximum atomic E-state index is 10.7. The van der Waals surface area contributed by atoms with Crippen molar-refractivity contribution in [2.45, 2.75) is 32.0 Å². The largest absolute Gasteiger partial charge is 0.507 e. The predicted octanol–water partition coefficient (Wildman–Crippen LogP) is 2.94. The highest BCUT2D eigenvalue weighted by atomic mass is 16.5. The minimum absolute atomic E-state index is 0.0000391. The first-order valence-electron chi connectivity index (χ1n) is 7.23. The third-order valence-electron chi connectivity index (χ3n) is 4.15. The van der Waals surface area contributed by atoms with Crippen LogP contribution in [0, 0.1) is 0 Å². The number of aliphatic hydroxyl groups is 1. The Morgan fingerprint density at radius 2 is 2.19 bits per heavy atom. The van der Waals surface area contributed by atoms with Gasteiger partial charge in [0, 0.05) is 12.2 Å². The molecule has 2 aromatic rings. The first-order chi connectivity index (χ1) is 10.2. The van der Waals surface area contributed by atoms with E-state index in [4.69, 9.17) is 14.6 Å². The topological polar surface area (TPSA) is 58.9 Å². The minimum Gasteiger partial charge on any atom is -0.507 e. The molecule has 0 saturated heterocycles. The molecule has 3 rings (SSSR count). The summed E-state index contributed by atoms with van der Waals surface area (Å²) in [4.78, 5) is 0. The minimum atomic E-state index is -0.195. The van der Waals surface area contributed by atoms with E-state index in [1.165, 1.54) is 0 Å². The number of benzene rings is 2. The molecule has 4 heteroatoms. The molecule has 2 N–H and O–H groups in total. The lowest BCUT2D eigenvalue weighted by atomic mass is 9.89. The van der Waals surface area contributed by atoms with Crippen LogP contribution >= 0.6 is 0 Å². The first-order valence-corrected chi connectivity index (χ1v) is 7.23. The van der Waals surface area contributed by atoms with E-state index in [0.717, 1.165) is 21.9 Å². The van der Waals surface area contributed by atoms with Crippen molar-refractivity contribution in [3.8, 4) is 11.5 Å². The van der Waals surface area contributed by atoms with E-state index in [9.17, 15) is 5.11 Å². The molecule has 2 atom stereocenters. The van der Waals surface area contributed by atoms with E-state index in [1.54, 1.807) is 7.11 Å². The fourth-order valence-electron chi connectivity index (χ4n) is 3.23. The summed E-state index contributed by atoms with van der Waals surface area (Å²) >= 11 is 0. The van der Waals surface area contributed by atoms with Crippen molar-refractivity contribution in [2.75, 3.05) is 13.7 Å². The third kappa shape index (κ3) is 2.34. The summed E-state index contributed by atoms with van der Waals surface area (Å²) in [6.07, 6.45) is 1.13. The quantitative estimate of drug-likeness (QED) is 0.911. The number of aromatic hydroxyl groups is 1. The Bertz CT molecular complexity index is 665. The Balaban J connectivity index is 2.18. The van der Waals surface area contributed by atoms with E-state index < -0.39 is 0 Å². The van der Waals surface area contributed by atoms with Gasteiger partial charge in [-0.05, 0) is 36.8 Å². The molecule has 0 aliphatic carbocycles. The molecule has 4 nitrogen and oxygen atoms in total. The van der Waals surface area contributed by atoms with Crippen LogP contribution in [0.1, 0.15) is 30.6 Å². The first kappa shape index (κ1) is 14.2. The Labute approximate surface area is 123 Å². The van der Waals surface area contributed by atoms with Crippen LogP contribution in [0.5, 0.6) is 11.5 Å². The fraction of sp³-hybridized carbons (Fsp3) is 0.412. The van der Waals surface area contributed by atoms with Crippen molar-refractivity contribution in [2.24, 2.45) is 0 Å². The summed E-state index contributed by atoms with van der Waals surface area (Å²) in [7, 11) is 1.60. The maximum Gasteiger partial charge on any atom is 0.133 e. The zero-order valence-corrected chi connectivity index (χ0v) is 12.3. The van der Waals surface area contributed by atoms with Crippen molar-refractivity contribution >= 4 is 10.8 Å². The Morgan fingerprint density at radius 3 is 2.90 bits per heavy atom. The highest BCUT2D eigenvalue weighted by Gasteiger charge is 2.28. The fourth-order valence-corrected chi connectivity index (χ4v) is 3.23. The molecule has 112 valence electrons. The molecule has 2 aromatic carbocycles. The van der Waals surface area contributed by atoms with Gasteiger partial charge in [0.2, 0.25) is 0 Å². The predicted molar refractivity (Wildman–Crippen MR) is 80.9 cm³/mol. The number of phenols is 1. The van der Waals surface area contributed by atoms with E-state index in [1.807, 2.05) is 25.1 Å². The second-order valence-corrected chi connectivity index (χ2v) is 5.47. The van der Waals surface area contributed by atoms with Gasteiger partial charge in [0.05, 0.1) is 24.7 Å². The molecule has 0 spiro atoms. The average Bonchev–Trinajstić information content (AvgIpc) is 2.46. The van der Waals surface area contributed by atoms with Crippen LogP contribution in [-0.2, 0) is 11.2 Å². The molecule has 0 unspecified atom stereocenters. The number of aliphatic hydroxyl groups excluding tert-OH is 1. The Morgan fingerprint density at radius 1 is 1.38 bits per heavy atom. The van der Waals surface area contributed by atoms with E-state index in [-0.39, 0.29) is 24.6 Å². The number of fused-ring (bicyclic) bond motifs is 2. The molecule has 0 radical (unpaired) electrons. The van der Waals surface area contributed by atoms with Gasteiger partial charge in [-0.1, -0.05) is 18.2 Å². The van der Waals surface area contributed by atoms with Gasteiger partial charge in [0.25, 0.3) is 0 Å². The van der Waals surface area contributed by atoms with Crippen molar-refractivity contribution in [1.82, 2.24) is 0 Å². The van der Waals surface area contributed by atoms with Crippen molar-refractivity contribution in [3.63, 3.8) is 0 Å². The number of hydrogen-bond acceptors (Lipinski definition) is 4. The monoisotopic (exact) mass is 288 g/mol. The van der Waals surface area contributed by atoms with Gasteiger partial charge in [0.15, 0.2) is 0 Å². The second-order valence-electron chi connectivity index (χ2n) is 5.47. The summed E-state index contributed by atoms with van der Waals surface area (Å²) in [5.41, 5.74) is 1.92. The van der Waals surface area contributed by atoms with Crippen molar-refractivity contribution < 1.29 is 19.7 Å². The molecule has 1 heterocycles. The number of methoxy groups -OCH3 is 1. The lowest BCUT2D eigenvalue weighted by molar-refractivity contribution is -0.0274. The lowest BCUT2D eigenvalue weighted by Crippen LogP contribution is -2.26. The molecule has 0 amide bonds. The average molecular weight is 288 g/mol. The van der Waals surface area contributed by atoms with Crippen LogP contribution in [0.4, 0.5) is 0 Å². The Kier molecular flexibility index (Phi) is 3.74. The summed E-state index contributed by atoms with van der Waals surface area (Å²) in [5, 5.41) is 21.5. The van der Waals surface area contributed by atoms with Crippen LogP contribution in [-0.4, -0.2) is 30.0 Å². The van der Waals surface area contributed by atoms with Crippen LogP contribution in [0.2, 0.25) is 0 Å². The number of rotatable bonds is 3. The highest BCUT2D eigenvalue weighted by Crippen LogP contribution is 2.44. The van der Waals surface area contributed by atoms with Gasteiger partial charge in [-0.3, -0.25) is 0 Å². The smallest absolute Gasteiger partial charge is 0.133 e. The van der Waals surface area contributed by atoms with E-state index in [0.29, 0.717) is 18.6 Å². The molecule has 0 fully saturated rings. The van der Waals surface area contributed by atoms with Crippen molar-refractivity contribution in [1.29, 1.82) is 0 Å². The van der Waals surface area contributed by atoms with Gasteiger partial charge in [-0.25, -0.2) is 0 Å². The van der Waals surface area contributed by atoms with Crippen LogP contribution in [0.3, 0.4) is 0 Å². The van der Waals surface area contributed by atoms with E-state index in [2.05, 4.69) is 6.07 Å². The zero-order valence-electron chi connectivity index (χ0n) is 12.3. The maximum absolute atomic E-state index is 10.7. The summed E-state index contributed by atoms with van der Waals surface area (Å²) in [6.45, 7) is 2.05. The van der Waals surface area contributed by atoms with Crippen LogP contribution < -0.4 is 4.74 Å². The number of ether oxygens (including phenoxy) is 2. The SMILES string of the molecule is COc1cccc2cc3c(c(O)c12)[C@H](C)O[C@H](CCO)C3.